The van der Waals surface area contributed by atoms with E-state index in [4.69, 9.17) is 16.0 Å². The van der Waals surface area contributed by atoms with Crippen molar-refractivity contribution in [3.63, 3.8) is 0 Å². The molecule has 0 amide bonds. The minimum atomic E-state index is -0.370. The van der Waals surface area contributed by atoms with Crippen LogP contribution in [0.15, 0.2) is 57.0 Å². The summed E-state index contributed by atoms with van der Waals surface area (Å²) in [5.74, 6) is 0.567. The molecule has 1 aromatic carbocycles. The maximum absolute atomic E-state index is 11.8. The normalized spacial score (nSPS) is 11.4. The summed E-state index contributed by atoms with van der Waals surface area (Å²) >= 11 is 7.73. The van der Waals surface area contributed by atoms with Crippen LogP contribution < -0.4 is 5.63 Å². The van der Waals surface area contributed by atoms with E-state index in [2.05, 4.69) is 10.2 Å². The largest absolute Gasteiger partial charge is 0.423 e. The lowest BCUT2D eigenvalue weighted by Crippen LogP contribution is -2.00. The van der Waals surface area contributed by atoms with Crippen molar-refractivity contribution in [2.75, 3.05) is 0 Å². The van der Waals surface area contributed by atoms with Crippen LogP contribution in [0.25, 0.3) is 16.6 Å². The standard InChI is InChI=1S/C17H12ClN3O2S/c1-10-6-14-12(8-13(10)18)11(7-16(22)23-14)9-24-17-20-19-15-4-2-3-5-21(15)17/h2-8H,9H2,1H3. The number of halogens is 1. The van der Waals surface area contributed by atoms with Gasteiger partial charge in [-0.1, -0.05) is 29.4 Å². The summed E-state index contributed by atoms with van der Waals surface area (Å²) in [6.45, 7) is 1.88. The van der Waals surface area contributed by atoms with Gasteiger partial charge in [0.25, 0.3) is 0 Å². The highest BCUT2D eigenvalue weighted by Crippen LogP contribution is 2.29. The predicted octanol–water partition coefficient (Wildman–Crippen LogP) is 4.09. The molecule has 7 heteroatoms. The van der Waals surface area contributed by atoms with Gasteiger partial charge in [0.15, 0.2) is 10.8 Å². The number of rotatable bonds is 3. The summed E-state index contributed by atoms with van der Waals surface area (Å²) in [6, 6.07) is 10.9. The summed E-state index contributed by atoms with van der Waals surface area (Å²) < 4.78 is 7.20. The second kappa shape index (κ2) is 5.96. The van der Waals surface area contributed by atoms with Gasteiger partial charge in [-0.2, -0.15) is 0 Å². The Bertz CT molecular complexity index is 1120. The molecule has 0 aliphatic carbocycles. The molecule has 0 fully saturated rings. The molecule has 5 nitrogen and oxygen atoms in total. The average Bonchev–Trinajstić information content (AvgIpc) is 2.97. The fourth-order valence-electron chi connectivity index (χ4n) is 2.53. The fourth-order valence-corrected chi connectivity index (χ4v) is 3.61. The van der Waals surface area contributed by atoms with E-state index in [-0.39, 0.29) is 5.63 Å². The van der Waals surface area contributed by atoms with E-state index in [0.29, 0.717) is 16.4 Å². The van der Waals surface area contributed by atoms with Crippen LogP contribution in [0.3, 0.4) is 0 Å². The van der Waals surface area contributed by atoms with Crippen molar-refractivity contribution in [3.05, 3.63) is 69.2 Å². The monoisotopic (exact) mass is 357 g/mol. The van der Waals surface area contributed by atoms with Gasteiger partial charge in [-0.25, -0.2) is 4.79 Å². The molecular weight excluding hydrogens is 346 g/mol. The number of pyridine rings is 1. The van der Waals surface area contributed by atoms with Gasteiger partial charge in [-0.05, 0) is 42.3 Å². The predicted molar refractivity (Wildman–Crippen MR) is 94.8 cm³/mol. The molecule has 0 N–H and O–H groups in total. The van der Waals surface area contributed by atoms with E-state index >= 15 is 0 Å². The van der Waals surface area contributed by atoms with E-state index in [1.165, 1.54) is 17.8 Å². The second-order valence-electron chi connectivity index (χ2n) is 5.39. The lowest BCUT2D eigenvalue weighted by Gasteiger charge is -2.07. The lowest BCUT2D eigenvalue weighted by molar-refractivity contribution is 0.559. The molecule has 24 heavy (non-hydrogen) atoms. The average molecular weight is 358 g/mol. The molecule has 0 radical (unpaired) electrons. The van der Waals surface area contributed by atoms with Crippen LogP contribution in [0.1, 0.15) is 11.1 Å². The molecule has 4 aromatic rings. The fraction of sp³-hybridized carbons (Fsp3) is 0.118. The number of aryl methyl sites for hydroxylation is 1. The lowest BCUT2D eigenvalue weighted by atomic mass is 10.1. The minimum Gasteiger partial charge on any atom is -0.423 e. The van der Waals surface area contributed by atoms with Crippen LogP contribution in [-0.2, 0) is 5.75 Å². The molecule has 0 atom stereocenters. The summed E-state index contributed by atoms with van der Waals surface area (Å²) in [4.78, 5) is 11.8. The summed E-state index contributed by atoms with van der Waals surface area (Å²) in [6.07, 6.45) is 1.91. The Balaban J connectivity index is 1.74. The van der Waals surface area contributed by atoms with Gasteiger partial charge in [0, 0.05) is 28.4 Å². The number of aromatic nitrogens is 3. The van der Waals surface area contributed by atoms with Crippen molar-refractivity contribution in [1.29, 1.82) is 0 Å². The van der Waals surface area contributed by atoms with Gasteiger partial charge in [-0.15, -0.1) is 10.2 Å². The first-order chi connectivity index (χ1) is 11.6. The van der Waals surface area contributed by atoms with Crippen molar-refractivity contribution in [2.45, 2.75) is 17.8 Å². The number of benzene rings is 1. The van der Waals surface area contributed by atoms with Gasteiger partial charge < -0.3 is 4.42 Å². The van der Waals surface area contributed by atoms with Gasteiger partial charge in [0.1, 0.15) is 5.58 Å². The van der Waals surface area contributed by atoms with E-state index in [0.717, 1.165) is 27.3 Å². The molecule has 0 aliphatic rings. The first-order valence-electron chi connectivity index (χ1n) is 7.27. The third-order valence-corrected chi connectivity index (χ3v) is 5.15. The van der Waals surface area contributed by atoms with Crippen LogP contribution >= 0.6 is 23.4 Å². The maximum atomic E-state index is 11.8. The Morgan fingerprint density at radius 1 is 1.25 bits per heavy atom. The maximum Gasteiger partial charge on any atom is 0.336 e. The molecule has 3 heterocycles. The van der Waals surface area contributed by atoms with E-state index < -0.39 is 0 Å². The van der Waals surface area contributed by atoms with Gasteiger partial charge in [0.2, 0.25) is 0 Å². The smallest absolute Gasteiger partial charge is 0.336 e. The summed E-state index contributed by atoms with van der Waals surface area (Å²) in [7, 11) is 0. The molecule has 3 aromatic heterocycles. The van der Waals surface area contributed by atoms with Crippen LogP contribution in [0, 0.1) is 6.92 Å². The SMILES string of the molecule is Cc1cc2oc(=O)cc(CSc3nnc4ccccn34)c2cc1Cl. The van der Waals surface area contributed by atoms with Crippen LogP contribution in [0.2, 0.25) is 5.02 Å². The Hall–Kier alpha value is -2.31. The molecule has 120 valence electrons. The molecule has 0 spiro atoms. The molecule has 0 bridgehead atoms. The number of hydrogen-bond acceptors (Lipinski definition) is 5. The topological polar surface area (TPSA) is 60.4 Å². The van der Waals surface area contributed by atoms with Crippen molar-refractivity contribution in [3.8, 4) is 0 Å². The third kappa shape index (κ3) is 2.68. The number of fused-ring (bicyclic) bond motifs is 2. The van der Waals surface area contributed by atoms with E-state index in [1.807, 2.05) is 41.8 Å². The first kappa shape index (κ1) is 15.2. The van der Waals surface area contributed by atoms with Crippen LogP contribution in [0.4, 0.5) is 0 Å². The summed E-state index contributed by atoms with van der Waals surface area (Å²) in [5.41, 5.74) is 2.70. The van der Waals surface area contributed by atoms with Crippen molar-refractivity contribution < 1.29 is 4.42 Å². The van der Waals surface area contributed by atoms with Gasteiger partial charge in [0.05, 0.1) is 0 Å². The molecular formula is C17H12ClN3O2S. The zero-order chi connectivity index (χ0) is 16.7. The van der Waals surface area contributed by atoms with E-state index in [9.17, 15) is 4.79 Å². The first-order valence-corrected chi connectivity index (χ1v) is 8.63. The zero-order valence-electron chi connectivity index (χ0n) is 12.7. The summed E-state index contributed by atoms with van der Waals surface area (Å²) in [5, 5.41) is 10.6. The number of nitrogens with zero attached hydrogens (tertiary/aromatic N) is 3. The molecule has 0 saturated carbocycles. The Morgan fingerprint density at radius 2 is 2.12 bits per heavy atom. The van der Waals surface area contributed by atoms with Crippen LogP contribution in [-0.4, -0.2) is 14.6 Å². The van der Waals surface area contributed by atoms with Crippen molar-refractivity contribution >= 4 is 40.0 Å². The van der Waals surface area contributed by atoms with Gasteiger partial charge in [-0.3, -0.25) is 4.40 Å². The van der Waals surface area contributed by atoms with Crippen molar-refractivity contribution in [2.24, 2.45) is 0 Å². The Morgan fingerprint density at radius 3 is 3.00 bits per heavy atom. The number of hydrogen-bond donors (Lipinski definition) is 0. The molecule has 0 saturated heterocycles. The highest BCUT2D eigenvalue weighted by atomic mass is 35.5. The Kier molecular flexibility index (Phi) is 3.78. The zero-order valence-corrected chi connectivity index (χ0v) is 14.3. The van der Waals surface area contributed by atoms with Gasteiger partial charge >= 0.3 is 5.63 Å². The highest BCUT2D eigenvalue weighted by Gasteiger charge is 2.11. The van der Waals surface area contributed by atoms with Crippen molar-refractivity contribution in [1.82, 2.24) is 14.6 Å². The molecule has 0 aliphatic heterocycles. The number of thioether (sulfide) groups is 1. The molecule has 4 rings (SSSR count). The quantitative estimate of drug-likeness (QED) is 0.408. The third-order valence-electron chi connectivity index (χ3n) is 3.75. The molecule has 0 unspecified atom stereocenters. The highest BCUT2D eigenvalue weighted by molar-refractivity contribution is 7.98. The minimum absolute atomic E-state index is 0.370. The van der Waals surface area contributed by atoms with Crippen LogP contribution in [0.5, 0.6) is 0 Å². The Labute approximate surface area is 146 Å². The second-order valence-corrected chi connectivity index (χ2v) is 6.74. The van der Waals surface area contributed by atoms with E-state index in [1.54, 1.807) is 6.07 Å².